The van der Waals surface area contributed by atoms with E-state index in [0.717, 1.165) is 45.4 Å². The zero-order valence-corrected chi connectivity index (χ0v) is 10.4. The highest BCUT2D eigenvalue weighted by Crippen LogP contribution is 2.18. The highest BCUT2D eigenvalue weighted by atomic mass is 35.5. The molecule has 0 aliphatic carbocycles. The van der Waals surface area contributed by atoms with Crippen LogP contribution in [0.4, 0.5) is 0 Å². The normalized spacial score (nSPS) is 29.2. The molecule has 5 heteroatoms. The van der Waals surface area contributed by atoms with Crippen LogP contribution in [0.15, 0.2) is 0 Å². The van der Waals surface area contributed by atoms with Crippen LogP contribution in [0.25, 0.3) is 0 Å². The number of carbonyl (C=O) groups is 1. The van der Waals surface area contributed by atoms with E-state index >= 15 is 0 Å². The van der Waals surface area contributed by atoms with Crippen molar-refractivity contribution in [2.75, 3.05) is 19.7 Å². The molecule has 1 amide bonds. The largest absolute Gasteiger partial charge is 0.378 e. The van der Waals surface area contributed by atoms with E-state index in [-0.39, 0.29) is 24.4 Å². The number of halogens is 1. The minimum Gasteiger partial charge on any atom is -0.378 e. The summed E-state index contributed by atoms with van der Waals surface area (Å²) in [6.07, 6.45) is 5.04. The average molecular weight is 249 g/mol. The zero-order valence-electron chi connectivity index (χ0n) is 9.56. The number of nitrogens with two attached hydrogens (primary N) is 1. The first-order chi connectivity index (χ1) is 7.25. The summed E-state index contributed by atoms with van der Waals surface area (Å²) in [5, 5.41) is 0. The van der Waals surface area contributed by atoms with Gasteiger partial charge in [-0.3, -0.25) is 4.79 Å². The van der Waals surface area contributed by atoms with Gasteiger partial charge in [-0.2, -0.15) is 0 Å². The zero-order chi connectivity index (χ0) is 10.7. The Morgan fingerprint density at radius 1 is 1.44 bits per heavy atom. The van der Waals surface area contributed by atoms with Crippen molar-refractivity contribution in [1.29, 1.82) is 0 Å². The molecule has 94 valence electrons. The summed E-state index contributed by atoms with van der Waals surface area (Å²) < 4.78 is 5.49. The maximum absolute atomic E-state index is 11.8. The van der Waals surface area contributed by atoms with Gasteiger partial charge in [-0.1, -0.05) is 0 Å². The van der Waals surface area contributed by atoms with Crippen LogP contribution < -0.4 is 5.73 Å². The van der Waals surface area contributed by atoms with E-state index in [1.54, 1.807) is 0 Å². The SMILES string of the molecule is Cl.NC1CCN(C(=O)CCC2CCCO2)C1. The molecule has 0 aromatic rings. The van der Waals surface area contributed by atoms with E-state index in [1.165, 1.54) is 0 Å². The van der Waals surface area contributed by atoms with Crippen LogP contribution in [0.1, 0.15) is 32.1 Å². The molecule has 0 saturated carbocycles. The molecular weight excluding hydrogens is 228 g/mol. The van der Waals surface area contributed by atoms with E-state index in [9.17, 15) is 4.79 Å². The monoisotopic (exact) mass is 248 g/mol. The van der Waals surface area contributed by atoms with Crippen molar-refractivity contribution in [3.63, 3.8) is 0 Å². The summed E-state index contributed by atoms with van der Waals surface area (Å²) in [4.78, 5) is 13.7. The second-order valence-corrected chi connectivity index (χ2v) is 4.56. The molecule has 0 bridgehead atoms. The van der Waals surface area contributed by atoms with Crippen LogP contribution in [0.5, 0.6) is 0 Å². The number of hydrogen-bond donors (Lipinski definition) is 1. The Bertz CT molecular complexity index is 232. The number of amides is 1. The van der Waals surface area contributed by atoms with E-state index in [1.807, 2.05) is 4.90 Å². The van der Waals surface area contributed by atoms with Crippen molar-refractivity contribution < 1.29 is 9.53 Å². The third-order valence-corrected chi connectivity index (χ3v) is 3.28. The average Bonchev–Trinajstić information content (AvgIpc) is 2.84. The van der Waals surface area contributed by atoms with Crippen molar-refractivity contribution in [2.24, 2.45) is 5.73 Å². The first kappa shape index (κ1) is 13.7. The van der Waals surface area contributed by atoms with Crippen molar-refractivity contribution in [1.82, 2.24) is 4.90 Å². The van der Waals surface area contributed by atoms with Crippen LogP contribution in [0.3, 0.4) is 0 Å². The quantitative estimate of drug-likeness (QED) is 0.808. The van der Waals surface area contributed by atoms with E-state index in [4.69, 9.17) is 10.5 Å². The van der Waals surface area contributed by atoms with Gasteiger partial charge in [0.15, 0.2) is 0 Å². The summed E-state index contributed by atoms with van der Waals surface area (Å²) in [6.45, 7) is 2.45. The fourth-order valence-electron chi connectivity index (χ4n) is 2.33. The number of likely N-dealkylation sites (tertiary alicyclic amines) is 1. The number of carbonyl (C=O) groups excluding carboxylic acids is 1. The molecule has 4 nitrogen and oxygen atoms in total. The van der Waals surface area contributed by atoms with Crippen molar-refractivity contribution >= 4 is 18.3 Å². The highest BCUT2D eigenvalue weighted by molar-refractivity contribution is 5.85. The standard InChI is InChI=1S/C11H20N2O2.ClH/c12-9-5-6-13(8-9)11(14)4-3-10-2-1-7-15-10;/h9-10H,1-8,12H2;1H. The Hall–Kier alpha value is -0.320. The maximum Gasteiger partial charge on any atom is 0.222 e. The lowest BCUT2D eigenvalue weighted by atomic mass is 10.1. The van der Waals surface area contributed by atoms with E-state index < -0.39 is 0 Å². The molecule has 2 aliphatic heterocycles. The third-order valence-electron chi connectivity index (χ3n) is 3.28. The second kappa shape index (κ2) is 6.42. The minimum absolute atomic E-state index is 0. The number of hydrogen-bond acceptors (Lipinski definition) is 3. The van der Waals surface area contributed by atoms with Gasteiger partial charge >= 0.3 is 0 Å². The summed E-state index contributed by atoms with van der Waals surface area (Å²) in [6, 6.07) is 0.191. The number of rotatable bonds is 3. The molecule has 0 aromatic heterocycles. The lowest BCUT2D eigenvalue weighted by molar-refractivity contribution is -0.130. The predicted octanol–water partition coefficient (Wildman–Crippen LogP) is 0.927. The summed E-state index contributed by atoms with van der Waals surface area (Å²) in [5.74, 6) is 0.249. The van der Waals surface area contributed by atoms with Crippen LogP contribution in [0.2, 0.25) is 0 Å². The number of nitrogens with zero attached hydrogens (tertiary/aromatic N) is 1. The van der Waals surface area contributed by atoms with Gasteiger partial charge in [-0.05, 0) is 25.7 Å². The molecule has 2 rings (SSSR count). The fourth-order valence-corrected chi connectivity index (χ4v) is 2.33. The Morgan fingerprint density at radius 3 is 2.81 bits per heavy atom. The maximum atomic E-state index is 11.8. The van der Waals surface area contributed by atoms with Gasteiger partial charge in [-0.15, -0.1) is 12.4 Å². The third kappa shape index (κ3) is 3.61. The van der Waals surface area contributed by atoms with Crippen molar-refractivity contribution in [3.8, 4) is 0 Å². The molecule has 16 heavy (non-hydrogen) atoms. The van der Waals surface area contributed by atoms with Crippen LogP contribution in [0, 0.1) is 0 Å². The molecule has 0 spiro atoms. The first-order valence-corrected chi connectivity index (χ1v) is 5.90. The fraction of sp³-hybridized carbons (Fsp3) is 0.909. The lowest BCUT2D eigenvalue weighted by Crippen LogP contribution is -2.32. The number of ether oxygens (including phenoxy) is 1. The smallest absolute Gasteiger partial charge is 0.222 e. The molecular formula is C11H21ClN2O2. The molecule has 2 fully saturated rings. The Morgan fingerprint density at radius 2 is 2.25 bits per heavy atom. The van der Waals surface area contributed by atoms with Gasteiger partial charge in [0.25, 0.3) is 0 Å². The summed E-state index contributed by atoms with van der Waals surface area (Å²) >= 11 is 0. The molecule has 0 radical (unpaired) electrons. The van der Waals surface area contributed by atoms with E-state index in [2.05, 4.69) is 0 Å². The van der Waals surface area contributed by atoms with Crippen molar-refractivity contribution in [2.45, 2.75) is 44.2 Å². The van der Waals surface area contributed by atoms with Gasteiger partial charge < -0.3 is 15.4 Å². The minimum atomic E-state index is 0. The van der Waals surface area contributed by atoms with Gasteiger partial charge in [0.2, 0.25) is 5.91 Å². The molecule has 2 N–H and O–H groups in total. The molecule has 2 aliphatic rings. The Kier molecular flexibility index (Phi) is 5.52. The van der Waals surface area contributed by atoms with Gasteiger partial charge in [0.1, 0.15) is 0 Å². The molecule has 2 heterocycles. The summed E-state index contributed by atoms with van der Waals surface area (Å²) in [7, 11) is 0. The second-order valence-electron chi connectivity index (χ2n) is 4.56. The predicted molar refractivity (Wildman–Crippen MR) is 64.6 cm³/mol. The van der Waals surface area contributed by atoms with E-state index in [0.29, 0.717) is 12.5 Å². The Balaban J connectivity index is 0.00000128. The van der Waals surface area contributed by atoms with Crippen molar-refractivity contribution in [3.05, 3.63) is 0 Å². The Labute approximate surface area is 103 Å². The lowest BCUT2D eigenvalue weighted by Gasteiger charge is -2.16. The van der Waals surface area contributed by atoms with Gasteiger partial charge in [0, 0.05) is 32.2 Å². The van der Waals surface area contributed by atoms with Crippen LogP contribution >= 0.6 is 12.4 Å². The van der Waals surface area contributed by atoms with Gasteiger partial charge in [-0.25, -0.2) is 0 Å². The van der Waals surface area contributed by atoms with Gasteiger partial charge in [0.05, 0.1) is 6.10 Å². The molecule has 2 atom stereocenters. The first-order valence-electron chi connectivity index (χ1n) is 5.90. The van der Waals surface area contributed by atoms with Crippen LogP contribution in [-0.4, -0.2) is 42.6 Å². The topological polar surface area (TPSA) is 55.6 Å². The molecule has 2 unspecified atom stereocenters. The highest BCUT2D eigenvalue weighted by Gasteiger charge is 2.24. The van der Waals surface area contributed by atoms with Crippen LogP contribution in [-0.2, 0) is 9.53 Å². The molecule has 2 saturated heterocycles. The summed E-state index contributed by atoms with van der Waals surface area (Å²) in [5.41, 5.74) is 5.76. The molecule has 0 aromatic carbocycles.